The first kappa shape index (κ1) is 16.0. The van der Waals surface area contributed by atoms with Crippen LogP contribution in [0.2, 0.25) is 0 Å². The van der Waals surface area contributed by atoms with Crippen molar-refractivity contribution in [3.63, 3.8) is 0 Å². The van der Waals surface area contributed by atoms with Crippen LogP contribution in [0.4, 0.5) is 0 Å². The maximum atomic E-state index is 11.6. The molecule has 0 amide bonds. The quantitative estimate of drug-likeness (QED) is 0.821. The Hall–Kier alpha value is -1.40. The molecule has 0 aliphatic heterocycles. The fourth-order valence-electron chi connectivity index (χ4n) is 2.52. The number of fused-ring (bicyclic) bond motifs is 1. The highest BCUT2D eigenvalue weighted by Crippen LogP contribution is 2.20. The van der Waals surface area contributed by atoms with Crippen molar-refractivity contribution in [2.45, 2.75) is 37.5 Å². The third kappa shape index (κ3) is 4.04. The summed E-state index contributed by atoms with van der Waals surface area (Å²) in [7, 11) is -3.18. The van der Waals surface area contributed by atoms with Gasteiger partial charge in [-0.2, -0.15) is 0 Å². The van der Waals surface area contributed by atoms with Gasteiger partial charge in [0.25, 0.3) is 0 Å². The second kappa shape index (κ2) is 6.58. The van der Waals surface area contributed by atoms with E-state index in [1.54, 1.807) is 18.2 Å². The van der Waals surface area contributed by atoms with Gasteiger partial charge >= 0.3 is 0 Å². The van der Waals surface area contributed by atoms with Crippen molar-refractivity contribution in [2.75, 3.05) is 12.8 Å². The number of nitrogens with two attached hydrogens (primary N) is 1. The van der Waals surface area contributed by atoms with Gasteiger partial charge in [0.1, 0.15) is 5.82 Å². The topological polar surface area (TPSA) is 88.8 Å². The smallest absolute Gasteiger partial charge is 0.175 e. The van der Waals surface area contributed by atoms with Crippen molar-refractivity contribution in [2.24, 2.45) is 11.7 Å². The lowest BCUT2D eigenvalue weighted by molar-refractivity contribution is 0.440. The number of nitrogens with one attached hydrogen (secondary N) is 1. The molecular formula is C15H23N3O2S. The zero-order valence-electron chi connectivity index (χ0n) is 12.6. The van der Waals surface area contributed by atoms with Gasteiger partial charge in [-0.15, -0.1) is 0 Å². The number of nitrogens with zero attached hydrogens (tertiary/aromatic N) is 1. The van der Waals surface area contributed by atoms with Gasteiger partial charge < -0.3 is 10.7 Å². The predicted molar refractivity (Wildman–Crippen MR) is 85.0 cm³/mol. The molecule has 1 atom stereocenters. The lowest BCUT2D eigenvalue weighted by Crippen LogP contribution is -2.09. The zero-order chi connectivity index (χ0) is 15.5. The maximum absolute atomic E-state index is 11.6. The Bertz CT molecular complexity index is 707. The fraction of sp³-hybridized carbons (Fsp3) is 0.533. The van der Waals surface area contributed by atoms with Crippen LogP contribution in [0.15, 0.2) is 23.1 Å². The average molecular weight is 309 g/mol. The largest absolute Gasteiger partial charge is 0.342 e. The van der Waals surface area contributed by atoms with E-state index in [0.717, 1.165) is 49.1 Å². The second-order valence-corrected chi connectivity index (χ2v) is 7.54. The molecule has 0 saturated heterocycles. The monoisotopic (exact) mass is 309 g/mol. The number of aromatic amines is 1. The molecule has 0 saturated carbocycles. The molecule has 1 aromatic heterocycles. The van der Waals surface area contributed by atoms with E-state index >= 15 is 0 Å². The molecule has 1 aromatic carbocycles. The van der Waals surface area contributed by atoms with E-state index in [2.05, 4.69) is 16.9 Å². The van der Waals surface area contributed by atoms with E-state index in [-0.39, 0.29) is 0 Å². The van der Waals surface area contributed by atoms with Crippen molar-refractivity contribution >= 4 is 20.9 Å². The molecule has 2 aromatic rings. The second-order valence-electron chi connectivity index (χ2n) is 5.52. The summed E-state index contributed by atoms with van der Waals surface area (Å²) >= 11 is 0. The molecule has 21 heavy (non-hydrogen) atoms. The van der Waals surface area contributed by atoms with Crippen molar-refractivity contribution in [3.8, 4) is 0 Å². The van der Waals surface area contributed by atoms with Crippen molar-refractivity contribution in [1.82, 2.24) is 9.97 Å². The van der Waals surface area contributed by atoms with Crippen LogP contribution in [0.25, 0.3) is 11.0 Å². The van der Waals surface area contributed by atoms with E-state index in [4.69, 9.17) is 5.73 Å². The summed E-state index contributed by atoms with van der Waals surface area (Å²) in [6.45, 7) is 2.90. The van der Waals surface area contributed by atoms with E-state index in [1.807, 2.05) is 0 Å². The number of imidazole rings is 1. The number of benzene rings is 1. The molecule has 0 aliphatic rings. The summed E-state index contributed by atoms with van der Waals surface area (Å²) in [5, 5.41) is 0. The van der Waals surface area contributed by atoms with Crippen LogP contribution in [0.1, 0.15) is 32.0 Å². The molecular weight excluding hydrogens is 286 g/mol. The van der Waals surface area contributed by atoms with Gasteiger partial charge in [-0.25, -0.2) is 13.4 Å². The Kier molecular flexibility index (Phi) is 5.00. The van der Waals surface area contributed by atoms with Crippen LogP contribution >= 0.6 is 0 Å². The Labute approximate surface area is 125 Å². The zero-order valence-corrected chi connectivity index (χ0v) is 13.4. The van der Waals surface area contributed by atoms with Crippen LogP contribution in [0.3, 0.4) is 0 Å². The highest BCUT2D eigenvalue weighted by Gasteiger charge is 2.11. The molecule has 5 nitrogen and oxygen atoms in total. The van der Waals surface area contributed by atoms with E-state index in [9.17, 15) is 8.42 Å². The molecule has 0 aliphatic carbocycles. The number of hydrogen-bond donors (Lipinski definition) is 2. The third-order valence-electron chi connectivity index (χ3n) is 3.87. The molecule has 0 bridgehead atoms. The van der Waals surface area contributed by atoms with Gasteiger partial charge in [0, 0.05) is 12.7 Å². The van der Waals surface area contributed by atoms with Gasteiger partial charge in [-0.3, -0.25) is 0 Å². The third-order valence-corrected chi connectivity index (χ3v) is 4.98. The van der Waals surface area contributed by atoms with Crippen molar-refractivity contribution < 1.29 is 8.42 Å². The summed E-state index contributed by atoms with van der Waals surface area (Å²) < 4.78 is 23.1. The number of rotatable bonds is 7. The van der Waals surface area contributed by atoms with Crippen LogP contribution in [0, 0.1) is 5.92 Å². The Morgan fingerprint density at radius 3 is 2.71 bits per heavy atom. The minimum atomic E-state index is -3.18. The molecule has 1 heterocycles. The average Bonchev–Trinajstić information content (AvgIpc) is 2.84. The van der Waals surface area contributed by atoms with Crippen LogP contribution in [-0.2, 0) is 16.3 Å². The molecule has 116 valence electrons. The number of hydrogen-bond acceptors (Lipinski definition) is 4. The standard InChI is InChI=1S/C15H23N3O2S/c1-3-11(8-9-16)4-7-15-17-13-6-5-12(21(2,19)20)10-14(13)18-15/h5-6,10-11H,3-4,7-9,16H2,1-2H3,(H,17,18). The first-order valence-corrected chi connectivity index (χ1v) is 9.22. The van der Waals surface area contributed by atoms with Crippen molar-refractivity contribution in [3.05, 3.63) is 24.0 Å². The Morgan fingerprint density at radius 1 is 1.33 bits per heavy atom. The molecule has 0 radical (unpaired) electrons. The molecule has 0 fully saturated rings. The summed E-state index contributed by atoms with van der Waals surface area (Å²) in [6.07, 6.45) is 5.28. The van der Waals surface area contributed by atoms with Crippen LogP contribution < -0.4 is 5.73 Å². The minimum Gasteiger partial charge on any atom is -0.342 e. The van der Waals surface area contributed by atoms with E-state index in [0.29, 0.717) is 10.8 Å². The van der Waals surface area contributed by atoms with Crippen molar-refractivity contribution in [1.29, 1.82) is 0 Å². The van der Waals surface area contributed by atoms with E-state index in [1.165, 1.54) is 6.26 Å². The lowest BCUT2D eigenvalue weighted by atomic mass is 9.96. The lowest BCUT2D eigenvalue weighted by Gasteiger charge is -2.11. The minimum absolute atomic E-state index is 0.319. The summed E-state index contributed by atoms with van der Waals surface area (Å²) in [5.74, 6) is 1.53. The first-order valence-electron chi connectivity index (χ1n) is 7.32. The first-order chi connectivity index (χ1) is 9.94. The summed E-state index contributed by atoms with van der Waals surface area (Å²) in [6, 6.07) is 5.01. The number of sulfone groups is 1. The molecule has 3 N–H and O–H groups in total. The SMILES string of the molecule is CCC(CCN)CCc1nc2ccc(S(C)(=O)=O)cc2[nH]1. The highest BCUT2D eigenvalue weighted by molar-refractivity contribution is 7.90. The summed E-state index contributed by atoms with van der Waals surface area (Å²) in [5.41, 5.74) is 7.20. The maximum Gasteiger partial charge on any atom is 0.175 e. The Balaban J connectivity index is 2.15. The van der Waals surface area contributed by atoms with Crippen LogP contribution in [-0.4, -0.2) is 31.2 Å². The highest BCUT2D eigenvalue weighted by atomic mass is 32.2. The van der Waals surface area contributed by atoms with Gasteiger partial charge in [0.2, 0.25) is 0 Å². The Morgan fingerprint density at radius 2 is 2.10 bits per heavy atom. The fourth-order valence-corrected chi connectivity index (χ4v) is 3.17. The number of H-pyrrole nitrogens is 1. The van der Waals surface area contributed by atoms with Gasteiger partial charge in [0.15, 0.2) is 9.84 Å². The van der Waals surface area contributed by atoms with Gasteiger partial charge in [-0.05, 0) is 43.5 Å². The van der Waals surface area contributed by atoms with Gasteiger partial charge in [0.05, 0.1) is 15.9 Å². The normalized spacial score (nSPS) is 13.7. The molecule has 6 heteroatoms. The molecule has 0 spiro atoms. The molecule has 1 unspecified atom stereocenters. The predicted octanol–water partition coefficient (Wildman–Crippen LogP) is 2.27. The van der Waals surface area contributed by atoms with Gasteiger partial charge in [-0.1, -0.05) is 13.3 Å². The number of aromatic nitrogens is 2. The summed E-state index contributed by atoms with van der Waals surface area (Å²) in [4.78, 5) is 8.06. The molecule has 2 rings (SSSR count). The van der Waals surface area contributed by atoms with Crippen LogP contribution in [0.5, 0.6) is 0 Å². The number of aryl methyl sites for hydroxylation is 1. The van der Waals surface area contributed by atoms with E-state index < -0.39 is 9.84 Å².